The maximum atomic E-state index is 11.5. The third-order valence-corrected chi connectivity index (χ3v) is 3.50. The standard InChI is InChI=1S/C18H33NO3/c1-2-3-4-5-9-12-17-22-18(21)13-10-7-6-8-11-14-19-15-16-20/h1,19-20H,3-17H2. The highest BCUT2D eigenvalue weighted by atomic mass is 16.5. The molecule has 0 aromatic carbocycles. The molecule has 0 atom stereocenters. The molecule has 0 aliphatic carbocycles. The maximum absolute atomic E-state index is 11.5. The molecular weight excluding hydrogens is 278 g/mol. The smallest absolute Gasteiger partial charge is 0.305 e. The number of aliphatic hydroxyl groups excluding tert-OH is 1. The summed E-state index contributed by atoms with van der Waals surface area (Å²) in [6.45, 7) is 2.39. The summed E-state index contributed by atoms with van der Waals surface area (Å²) in [5, 5.41) is 11.8. The van der Waals surface area contributed by atoms with Gasteiger partial charge in [0.2, 0.25) is 0 Å². The molecule has 0 unspecified atom stereocenters. The van der Waals surface area contributed by atoms with Gasteiger partial charge in [0.05, 0.1) is 13.2 Å². The van der Waals surface area contributed by atoms with Crippen LogP contribution in [0.2, 0.25) is 0 Å². The lowest BCUT2D eigenvalue weighted by Crippen LogP contribution is -2.19. The third kappa shape index (κ3) is 17.0. The van der Waals surface area contributed by atoms with Gasteiger partial charge in [0.1, 0.15) is 0 Å². The van der Waals surface area contributed by atoms with Crippen LogP contribution in [0, 0.1) is 12.3 Å². The monoisotopic (exact) mass is 311 g/mol. The van der Waals surface area contributed by atoms with E-state index < -0.39 is 0 Å². The second-order valence-electron chi connectivity index (χ2n) is 5.58. The Kier molecular flexibility index (Phi) is 17.1. The van der Waals surface area contributed by atoms with Crippen molar-refractivity contribution in [3.63, 3.8) is 0 Å². The van der Waals surface area contributed by atoms with Crippen molar-refractivity contribution in [3.05, 3.63) is 0 Å². The topological polar surface area (TPSA) is 58.6 Å². The van der Waals surface area contributed by atoms with E-state index in [-0.39, 0.29) is 12.6 Å². The number of hydrogen-bond donors (Lipinski definition) is 2. The van der Waals surface area contributed by atoms with Crippen molar-refractivity contribution < 1.29 is 14.6 Å². The molecule has 0 amide bonds. The molecular formula is C18H33NO3. The van der Waals surface area contributed by atoms with Gasteiger partial charge in [0.25, 0.3) is 0 Å². The van der Waals surface area contributed by atoms with Crippen LogP contribution in [-0.2, 0) is 9.53 Å². The minimum absolute atomic E-state index is 0.0618. The minimum atomic E-state index is -0.0618. The molecule has 0 bridgehead atoms. The minimum Gasteiger partial charge on any atom is -0.466 e. The van der Waals surface area contributed by atoms with Crippen molar-refractivity contribution in [2.75, 3.05) is 26.3 Å². The number of carbonyl (C=O) groups excluding carboxylic acids is 1. The highest BCUT2D eigenvalue weighted by molar-refractivity contribution is 5.69. The number of ether oxygens (including phenoxy) is 1. The lowest BCUT2D eigenvalue weighted by Gasteiger charge is -2.05. The summed E-state index contributed by atoms with van der Waals surface area (Å²) in [6, 6.07) is 0. The Balaban J connectivity index is 3.15. The van der Waals surface area contributed by atoms with Crippen LogP contribution in [0.15, 0.2) is 0 Å². The van der Waals surface area contributed by atoms with Gasteiger partial charge < -0.3 is 15.2 Å². The molecule has 0 heterocycles. The van der Waals surface area contributed by atoms with E-state index in [0.29, 0.717) is 19.6 Å². The van der Waals surface area contributed by atoms with Crippen molar-refractivity contribution in [1.82, 2.24) is 5.32 Å². The summed E-state index contributed by atoms with van der Waals surface area (Å²) < 4.78 is 5.21. The molecule has 0 radical (unpaired) electrons. The highest BCUT2D eigenvalue weighted by Crippen LogP contribution is 2.07. The Labute approximate surface area is 136 Å². The maximum Gasteiger partial charge on any atom is 0.305 e. The lowest BCUT2D eigenvalue weighted by atomic mass is 10.1. The number of nitrogens with one attached hydrogen (secondary N) is 1. The van der Waals surface area contributed by atoms with Gasteiger partial charge in [0, 0.05) is 19.4 Å². The van der Waals surface area contributed by atoms with Crippen LogP contribution in [-0.4, -0.2) is 37.4 Å². The molecule has 0 rings (SSSR count). The summed E-state index contributed by atoms with van der Waals surface area (Å²) in [5.41, 5.74) is 0. The summed E-state index contributed by atoms with van der Waals surface area (Å²) in [4.78, 5) is 11.5. The van der Waals surface area contributed by atoms with Crippen LogP contribution in [0.25, 0.3) is 0 Å². The van der Waals surface area contributed by atoms with E-state index in [1.165, 1.54) is 6.42 Å². The SMILES string of the molecule is C#CCCCCCCOC(=O)CCCCCCCNCCO. The third-order valence-electron chi connectivity index (χ3n) is 3.50. The molecule has 128 valence electrons. The summed E-state index contributed by atoms with van der Waals surface area (Å²) in [7, 11) is 0. The molecule has 0 saturated heterocycles. The van der Waals surface area contributed by atoms with Gasteiger partial charge >= 0.3 is 5.97 Å². The van der Waals surface area contributed by atoms with Crippen LogP contribution < -0.4 is 5.32 Å². The van der Waals surface area contributed by atoms with Gasteiger partial charge in [-0.05, 0) is 32.2 Å². The first-order chi connectivity index (χ1) is 10.8. The number of hydrogen-bond acceptors (Lipinski definition) is 4. The van der Waals surface area contributed by atoms with Crippen molar-refractivity contribution in [1.29, 1.82) is 0 Å². The first-order valence-electron chi connectivity index (χ1n) is 8.72. The van der Waals surface area contributed by atoms with E-state index in [1.54, 1.807) is 0 Å². The molecule has 0 spiro atoms. The van der Waals surface area contributed by atoms with Crippen LogP contribution in [0.3, 0.4) is 0 Å². The summed E-state index contributed by atoms with van der Waals surface area (Å²) in [6.07, 6.45) is 16.2. The van der Waals surface area contributed by atoms with E-state index in [0.717, 1.165) is 64.3 Å². The Morgan fingerprint density at radius 2 is 1.64 bits per heavy atom. The predicted octanol–water partition coefficient (Wildman–Crippen LogP) is 3.04. The second-order valence-corrected chi connectivity index (χ2v) is 5.58. The molecule has 4 nitrogen and oxygen atoms in total. The molecule has 0 aromatic rings. The number of esters is 1. The number of rotatable bonds is 16. The molecule has 22 heavy (non-hydrogen) atoms. The second kappa shape index (κ2) is 18.0. The van der Waals surface area contributed by atoms with Gasteiger partial charge in [0.15, 0.2) is 0 Å². The van der Waals surface area contributed by atoms with Crippen LogP contribution in [0.4, 0.5) is 0 Å². The first-order valence-corrected chi connectivity index (χ1v) is 8.72. The van der Waals surface area contributed by atoms with E-state index >= 15 is 0 Å². The van der Waals surface area contributed by atoms with Gasteiger partial charge in [-0.1, -0.05) is 32.1 Å². The molecule has 2 N–H and O–H groups in total. The Morgan fingerprint density at radius 3 is 2.41 bits per heavy atom. The Hall–Kier alpha value is -1.05. The first kappa shape index (κ1) is 20.9. The lowest BCUT2D eigenvalue weighted by molar-refractivity contribution is -0.143. The quantitative estimate of drug-likeness (QED) is 0.261. The molecule has 0 aliphatic heterocycles. The van der Waals surface area contributed by atoms with E-state index in [1.807, 2.05) is 0 Å². The molecule has 4 heteroatoms. The van der Waals surface area contributed by atoms with E-state index in [2.05, 4.69) is 11.2 Å². The van der Waals surface area contributed by atoms with Crippen LogP contribution >= 0.6 is 0 Å². The zero-order valence-corrected chi connectivity index (χ0v) is 13.9. The molecule has 0 aliphatic rings. The highest BCUT2D eigenvalue weighted by Gasteiger charge is 2.02. The zero-order valence-electron chi connectivity index (χ0n) is 13.9. The van der Waals surface area contributed by atoms with Gasteiger partial charge in [-0.2, -0.15) is 0 Å². The summed E-state index contributed by atoms with van der Waals surface area (Å²) in [5.74, 6) is 2.57. The molecule has 0 aromatic heterocycles. The molecule has 0 fully saturated rings. The van der Waals surface area contributed by atoms with Crippen molar-refractivity contribution in [2.45, 2.75) is 70.6 Å². The Morgan fingerprint density at radius 1 is 0.955 bits per heavy atom. The normalized spacial score (nSPS) is 10.4. The fourth-order valence-electron chi connectivity index (χ4n) is 2.19. The number of aliphatic hydroxyl groups is 1. The zero-order chi connectivity index (χ0) is 16.3. The van der Waals surface area contributed by atoms with Crippen LogP contribution in [0.5, 0.6) is 0 Å². The largest absolute Gasteiger partial charge is 0.466 e. The van der Waals surface area contributed by atoms with Gasteiger partial charge in [-0.15, -0.1) is 12.3 Å². The summed E-state index contributed by atoms with van der Waals surface area (Å²) >= 11 is 0. The van der Waals surface area contributed by atoms with Gasteiger partial charge in [-0.25, -0.2) is 0 Å². The van der Waals surface area contributed by atoms with Crippen molar-refractivity contribution in [2.24, 2.45) is 0 Å². The van der Waals surface area contributed by atoms with E-state index in [9.17, 15) is 4.79 Å². The van der Waals surface area contributed by atoms with E-state index in [4.69, 9.17) is 16.3 Å². The number of terminal acetylenes is 1. The predicted molar refractivity (Wildman–Crippen MR) is 90.5 cm³/mol. The Bertz CT molecular complexity index is 287. The average Bonchev–Trinajstić information content (AvgIpc) is 2.52. The fourth-order valence-corrected chi connectivity index (χ4v) is 2.19. The number of unbranched alkanes of at least 4 members (excludes halogenated alkanes) is 8. The molecule has 0 saturated carbocycles. The van der Waals surface area contributed by atoms with Crippen molar-refractivity contribution in [3.8, 4) is 12.3 Å². The average molecular weight is 311 g/mol. The van der Waals surface area contributed by atoms with Crippen LogP contribution in [0.1, 0.15) is 70.6 Å². The van der Waals surface area contributed by atoms with Gasteiger partial charge in [-0.3, -0.25) is 4.79 Å². The van der Waals surface area contributed by atoms with Crippen molar-refractivity contribution >= 4 is 5.97 Å². The fraction of sp³-hybridized carbons (Fsp3) is 0.833. The number of carbonyl (C=O) groups is 1.